The van der Waals surface area contributed by atoms with E-state index in [0.29, 0.717) is 31.2 Å². The van der Waals surface area contributed by atoms with Crippen LogP contribution >= 0.6 is 11.8 Å². The van der Waals surface area contributed by atoms with Crippen molar-refractivity contribution in [3.63, 3.8) is 0 Å². The number of amides is 2. The molecule has 1 aromatic heterocycles. The molecule has 3 fully saturated rings. The summed E-state index contributed by atoms with van der Waals surface area (Å²) in [5.74, 6) is -2.32. The zero-order chi connectivity index (χ0) is 30.9. The van der Waals surface area contributed by atoms with Crippen LogP contribution in [0, 0.1) is 17.8 Å². The topological polar surface area (TPSA) is 118 Å². The van der Waals surface area contributed by atoms with Crippen LogP contribution in [0.3, 0.4) is 0 Å². The predicted molar refractivity (Wildman–Crippen MR) is 166 cm³/mol. The number of unbranched alkanes of at least 4 members (excludes halogenated alkanes) is 1. The smallest absolute Gasteiger partial charge is 0.311 e. The summed E-state index contributed by atoms with van der Waals surface area (Å²) >= 11 is 1.60. The number of hydrogen-bond acceptors (Lipinski definition) is 8. The fraction of sp³-hybridized carbons (Fsp3) is 0.594. The van der Waals surface area contributed by atoms with Crippen molar-refractivity contribution < 1.29 is 24.2 Å². The van der Waals surface area contributed by atoms with Crippen LogP contribution in [0.5, 0.6) is 0 Å². The average molecular weight is 610 g/mol. The largest absolute Gasteiger partial charge is 0.465 e. The van der Waals surface area contributed by atoms with Crippen LogP contribution < -0.4 is 0 Å². The summed E-state index contributed by atoms with van der Waals surface area (Å²) in [7, 11) is 0. The summed E-state index contributed by atoms with van der Waals surface area (Å²) in [6, 6.07) is 6.11. The molecular formula is C32H43N5O5S. The van der Waals surface area contributed by atoms with Crippen molar-refractivity contribution in [3.8, 4) is 0 Å². The molecule has 10 nitrogen and oxygen atoms in total. The number of para-hydroxylation sites is 1. The third-order valence-electron chi connectivity index (χ3n) is 9.73. The van der Waals surface area contributed by atoms with Crippen LogP contribution in [0.15, 0.2) is 49.6 Å². The number of aliphatic hydroxyl groups excluding tert-OH is 1. The van der Waals surface area contributed by atoms with Crippen LogP contribution in [0.2, 0.25) is 0 Å². The number of hydrogen-bond donors (Lipinski definition) is 1. The molecule has 1 aromatic carbocycles. The minimum absolute atomic E-state index is 0.0614. The van der Waals surface area contributed by atoms with E-state index in [1.165, 1.54) is 0 Å². The van der Waals surface area contributed by atoms with Gasteiger partial charge in [-0.15, -0.1) is 30.0 Å². The second kappa shape index (κ2) is 12.4. The molecular weight excluding hydrogens is 566 g/mol. The summed E-state index contributed by atoms with van der Waals surface area (Å²) in [6.07, 6.45) is 6.86. The zero-order valence-electron chi connectivity index (χ0n) is 25.4. The molecule has 2 unspecified atom stereocenters. The molecule has 2 bridgehead atoms. The van der Waals surface area contributed by atoms with Crippen molar-refractivity contribution in [1.29, 1.82) is 0 Å². The van der Waals surface area contributed by atoms with E-state index in [9.17, 15) is 19.5 Å². The summed E-state index contributed by atoms with van der Waals surface area (Å²) in [5, 5.41) is 19.2. The molecule has 0 radical (unpaired) electrons. The standard InChI is InChI=1S/C32H43N5O5S/c1-6-9-12-18-42-30(41)26-25-28(39)37(24(19-38)21(4)8-3)27(32(25)16-15-31(26,5)43-32)29(40)35(17-7-2)20-36-23-14-11-10-13-22(23)33-34-36/h6-7,10-11,13-14,21,24-27,38H,1-2,8-9,12,15-20H2,3-5H3/t21-,24-,25-,26+,27?,31-,32?/m0/s1. The molecule has 11 heteroatoms. The number of aliphatic hydroxyl groups is 1. The fourth-order valence-corrected chi connectivity index (χ4v) is 9.72. The first kappa shape index (κ1) is 31.3. The number of carbonyl (C=O) groups excluding carboxylic acids is 3. The van der Waals surface area contributed by atoms with Gasteiger partial charge in [0, 0.05) is 11.3 Å². The lowest BCUT2D eigenvalue weighted by molar-refractivity contribution is -0.156. The fourth-order valence-electron chi connectivity index (χ4n) is 7.39. The minimum Gasteiger partial charge on any atom is -0.465 e. The SMILES string of the molecule is C=CCCCOC(=O)[C@H]1[C@H]2C(=O)N([C@@H](CO)[C@@H](C)CC)C(C(=O)N(CC=C)Cn3nnc4ccccc43)C23CC[C@]1(C)S3. The van der Waals surface area contributed by atoms with Crippen LogP contribution in [-0.4, -0.2) is 89.0 Å². The summed E-state index contributed by atoms with van der Waals surface area (Å²) < 4.78 is 6.06. The Bertz CT molecular complexity index is 1400. The van der Waals surface area contributed by atoms with Gasteiger partial charge >= 0.3 is 5.97 Å². The highest BCUT2D eigenvalue weighted by atomic mass is 32.2. The maximum Gasteiger partial charge on any atom is 0.311 e. The lowest BCUT2D eigenvalue weighted by atomic mass is 9.66. The molecule has 2 amide bonds. The van der Waals surface area contributed by atoms with E-state index in [2.05, 4.69) is 23.5 Å². The molecule has 43 heavy (non-hydrogen) atoms. The van der Waals surface area contributed by atoms with E-state index in [0.717, 1.165) is 11.9 Å². The van der Waals surface area contributed by atoms with Crippen molar-refractivity contribution in [2.75, 3.05) is 19.8 Å². The number of nitrogens with zero attached hydrogens (tertiary/aromatic N) is 5. The van der Waals surface area contributed by atoms with E-state index >= 15 is 0 Å². The lowest BCUT2D eigenvalue weighted by Crippen LogP contribution is -2.58. The zero-order valence-corrected chi connectivity index (χ0v) is 26.2. The number of carbonyl (C=O) groups is 3. The quantitative estimate of drug-likeness (QED) is 0.195. The minimum atomic E-state index is -0.865. The number of ether oxygens (including phenoxy) is 1. The number of likely N-dealkylation sites (tertiary alicyclic amines) is 1. The van der Waals surface area contributed by atoms with Crippen LogP contribution in [-0.2, 0) is 25.8 Å². The highest BCUT2D eigenvalue weighted by Gasteiger charge is 2.78. The average Bonchev–Trinajstić information content (AvgIpc) is 3.71. The van der Waals surface area contributed by atoms with Crippen molar-refractivity contribution >= 4 is 40.6 Å². The molecule has 0 saturated carbocycles. The molecule has 2 aromatic rings. The summed E-state index contributed by atoms with van der Waals surface area (Å²) in [4.78, 5) is 46.4. The Labute approximate surface area is 257 Å². The van der Waals surface area contributed by atoms with Crippen molar-refractivity contribution in [1.82, 2.24) is 24.8 Å². The molecule has 3 aliphatic heterocycles. The Hall–Kier alpha value is -3.18. The number of thioether (sulfide) groups is 1. The van der Waals surface area contributed by atoms with Gasteiger partial charge in [-0.3, -0.25) is 14.4 Å². The van der Waals surface area contributed by atoms with Crippen molar-refractivity contribution in [2.24, 2.45) is 17.8 Å². The Morgan fingerprint density at radius 2 is 2.05 bits per heavy atom. The van der Waals surface area contributed by atoms with Gasteiger partial charge in [-0.1, -0.05) is 49.8 Å². The first-order chi connectivity index (χ1) is 20.7. The summed E-state index contributed by atoms with van der Waals surface area (Å²) in [6.45, 7) is 14.0. The number of benzene rings is 1. The monoisotopic (exact) mass is 609 g/mol. The van der Waals surface area contributed by atoms with E-state index in [-0.39, 0.29) is 50.1 Å². The van der Waals surface area contributed by atoms with Gasteiger partial charge in [0.15, 0.2) is 0 Å². The predicted octanol–water partition coefficient (Wildman–Crippen LogP) is 3.80. The van der Waals surface area contributed by atoms with Gasteiger partial charge in [0.25, 0.3) is 0 Å². The van der Waals surface area contributed by atoms with Gasteiger partial charge in [0.05, 0.1) is 41.4 Å². The highest BCUT2D eigenvalue weighted by Crippen LogP contribution is 2.72. The number of esters is 1. The number of rotatable bonds is 14. The van der Waals surface area contributed by atoms with Crippen LogP contribution in [0.1, 0.15) is 52.9 Å². The van der Waals surface area contributed by atoms with Gasteiger partial charge < -0.3 is 19.6 Å². The van der Waals surface area contributed by atoms with Crippen molar-refractivity contribution in [2.45, 2.75) is 81.1 Å². The number of aromatic nitrogens is 3. The molecule has 3 saturated heterocycles. The molecule has 232 valence electrons. The molecule has 0 aliphatic carbocycles. The molecule has 4 heterocycles. The van der Waals surface area contributed by atoms with E-state index < -0.39 is 33.4 Å². The van der Waals surface area contributed by atoms with Gasteiger partial charge in [0.1, 0.15) is 18.2 Å². The van der Waals surface area contributed by atoms with Gasteiger partial charge in [0.2, 0.25) is 11.8 Å². The lowest BCUT2D eigenvalue weighted by Gasteiger charge is -2.41. The Morgan fingerprint density at radius 3 is 2.74 bits per heavy atom. The maximum atomic E-state index is 14.8. The number of fused-ring (bicyclic) bond motifs is 2. The molecule has 5 rings (SSSR count). The van der Waals surface area contributed by atoms with Gasteiger partial charge in [-0.05, 0) is 50.7 Å². The third kappa shape index (κ3) is 5.18. The van der Waals surface area contributed by atoms with E-state index in [4.69, 9.17) is 4.74 Å². The first-order valence-electron chi connectivity index (χ1n) is 15.3. The highest BCUT2D eigenvalue weighted by molar-refractivity contribution is 8.02. The van der Waals surface area contributed by atoms with Gasteiger partial charge in [-0.25, -0.2) is 4.68 Å². The normalized spacial score (nSPS) is 29.0. The molecule has 7 atom stereocenters. The van der Waals surface area contributed by atoms with E-state index in [1.807, 2.05) is 45.0 Å². The van der Waals surface area contributed by atoms with Crippen LogP contribution in [0.4, 0.5) is 0 Å². The Balaban J connectivity index is 1.55. The molecule has 3 aliphatic rings. The van der Waals surface area contributed by atoms with E-state index in [1.54, 1.807) is 38.4 Å². The molecule has 1 spiro atoms. The molecule has 1 N–H and O–H groups in total. The summed E-state index contributed by atoms with van der Waals surface area (Å²) in [5.41, 5.74) is 1.50. The van der Waals surface area contributed by atoms with Crippen molar-refractivity contribution in [3.05, 3.63) is 49.6 Å². The second-order valence-corrected chi connectivity index (χ2v) is 14.2. The Morgan fingerprint density at radius 1 is 1.28 bits per heavy atom. The number of allylic oxidation sites excluding steroid dienone is 1. The second-order valence-electron chi connectivity index (χ2n) is 12.3. The van der Waals surface area contributed by atoms with Crippen LogP contribution in [0.25, 0.3) is 11.0 Å². The maximum absolute atomic E-state index is 14.8. The third-order valence-corrected chi connectivity index (χ3v) is 11.7. The Kier molecular flexibility index (Phi) is 9.04. The van der Waals surface area contributed by atoms with Gasteiger partial charge in [-0.2, -0.15) is 0 Å². The first-order valence-corrected chi connectivity index (χ1v) is 16.1.